The molecule has 0 saturated carbocycles. The van der Waals surface area contributed by atoms with E-state index in [0.717, 1.165) is 6.54 Å². The minimum absolute atomic E-state index is 0.0431. The summed E-state index contributed by atoms with van der Waals surface area (Å²) in [5.41, 5.74) is 6.29. The highest BCUT2D eigenvalue weighted by Crippen LogP contribution is 2.15. The standard InChI is InChI=1S/C10H12N4O3/c11-7(15)3-8-13-6-1-2-12-4-5(6)9(14-8)10(16)17/h12H,1-4H2,(H2,11,15)(H,16,17). The lowest BCUT2D eigenvalue weighted by molar-refractivity contribution is -0.117. The van der Waals surface area contributed by atoms with Crippen molar-refractivity contribution in [2.45, 2.75) is 19.4 Å². The van der Waals surface area contributed by atoms with Crippen LogP contribution in [-0.2, 0) is 24.2 Å². The van der Waals surface area contributed by atoms with Crippen molar-refractivity contribution in [2.75, 3.05) is 6.54 Å². The number of carbonyl (C=O) groups excluding carboxylic acids is 1. The van der Waals surface area contributed by atoms with Crippen LogP contribution in [-0.4, -0.2) is 33.5 Å². The summed E-state index contributed by atoms with van der Waals surface area (Å²) in [4.78, 5) is 29.9. The van der Waals surface area contributed by atoms with Gasteiger partial charge in [-0.25, -0.2) is 14.8 Å². The molecule has 17 heavy (non-hydrogen) atoms. The van der Waals surface area contributed by atoms with Crippen LogP contribution in [0.5, 0.6) is 0 Å². The Kier molecular flexibility index (Phi) is 3.01. The first-order chi connectivity index (χ1) is 8.08. The topological polar surface area (TPSA) is 118 Å². The van der Waals surface area contributed by atoms with E-state index in [1.165, 1.54) is 0 Å². The molecule has 0 bridgehead atoms. The van der Waals surface area contributed by atoms with E-state index in [9.17, 15) is 9.59 Å². The summed E-state index contributed by atoms with van der Waals surface area (Å²) in [6.07, 6.45) is 0.491. The number of rotatable bonds is 3. The SMILES string of the molecule is NC(=O)Cc1nc2c(c(C(=O)O)n1)CNCC2. The van der Waals surface area contributed by atoms with E-state index in [1.807, 2.05) is 0 Å². The summed E-state index contributed by atoms with van der Waals surface area (Å²) in [5.74, 6) is -1.51. The van der Waals surface area contributed by atoms with E-state index in [-0.39, 0.29) is 17.9 Å². The summed E-state index contributed by atoms with van der Waals surface area (Å²) >= 11 is 0. The normalized spacial score (nSPS) is 14.1. The van der Waals surface area contributed by atoms with E-state index >= 15 is 0 Å². The number of hydrogen-bond donors (Lipinski definition) is 3. The second-order valence-electron chi connectivity index (χ2n) is 3.79. The predicted molar refractivity (Wildman–Crippen MR) is 57.3 cm³/mol. The number of aromatic carboxylic acids is 1. The number of amides is 1. The van der Waals surface area contributed by atoms with Gasteiger partial charge in [0.15, 0.2) is 5.69 Å². The van der Waals surface area contributed by atoms with Gasteiger partial charge in [0.05, 0.1) is 12.1 Å². The van der Waals surface area contributed by atoms with Gasteiger partial charge in [0.2, 0.25) is 5.91 Å². The zero-order chi connectivity index (χ0) is 12.4. The minimum Gasteiger partial charge on any atom is -0.476 e. The Labute approximate surface area is 97.1 Å². The Hall–Kier alpha value is -2.02. The summed E-state index contributed by atoms with van der Waals surface area (Å²) in [6.45, 7) is 1.17. The molecule has 4 N–H and O–H groups in total. The van der Waals surface area contributed by atoms with Crippen LogP contribution in [0, 0.1) is 0 Å². The van der Waals surface area contributed by atoms with Crippen LogP contribution in [0.15, 0.2) is 0 Å². The average Bonchev–Trinajstić information content (AvgIpc) is 2.27. The van der Waals surface area contributed by atoms with Crippen molar-refractivity contribution in [2.24, 2.45) is 5.73 Å². The van der Waals surface area contributed by atoms with Gasteiger partial charge in [-0.2, -0.15) is 0 Å². The molecule has 7 nitrogen and oxygen atoms in total. The summed E-state index contributed by atoms with van der Waals surface area (Å²) in [7, 11) is 0. The minimum atomic E-state index is -1.11. The number of fused-ring (bicyclic) bond motifs is 1. The van der Waals surface area contributed by atoms with Crippen molar-refractivity contribution in [1.82, 2.24) is 15.3 Å². The second-order valence-corrected chi connectivity index (χ2v) is 3.79. The van der Waals surface area contributed by atoms with Crippen molar-refractivity contribution in [3.8, 4) is 0 Å². The molecule has 1 amide bonds. The number of nitrogens with one attached hydrogen (secondary N) is 1. The molecule has 0 atom stereocenters. The molecule has 0 saturated heterocycles. The first-order valence-corrected chi connectivity index (χ1v) is 5.19. The molecule has 2 heterocycles. The average molecular weight is 236 g/mol. The Bertz CT molecular complexity index is 487. The molecule has 90 valence electrons. The molecule has 1 aromatic heterocycles. The molecule has 0 aliphatic carbocycles. The number of aromatic nitrogens is 2. The first-order valence-electron chi connectivity index (χ1n) is 5.19. The number of primary amides is 1. The number of hydrogen-bond acceptors (Lipinski definition) is 5. The third-order valence-electron chi connectivity index (χ3n) is 2.51. The van der Waals surface area contributed by atoms with Gasteiger partial charge in [0, 0.05) is 25.1 Å². The van der Waals surface area contributed by atoms with Gasteiger partial charge in [-0.1, -0.05) is 0 Å². The van der Waals surface area contributed by atoms with Crippen molar-refractivity contribution in [3.63, 3.8) is 0 Å². The zero-order valence-electron chi connectivity index (χ0n) is 9.06. The van der Waals surface area contributed by atoms with Crippen LogP contribution in [0.25, 0.3) is 0 Å². The maximum Gasteiger partial charge on any atom is 0.354 e. The number of nitrogens with zero attached hydrogens (tertiary/aromatic N) is 2. The molecule has 0 aromatic carbocycles. The molecule has 2 rings (SSSR count). The highest BCUT2D eigenvalue weighted by molar-refractivity contribution is 5.87. The Balaban J connectivity index is 2.48. The maximum atomic E-state index is 11.1. The lowest BCUT2D eigenvalue weighted by Gasteiger charge is -2.18. The first kappa shape index (κ1) is 11.5. The van der Waals surface area contributed by atoms with E-state index in [4.69, 9.17) is 10.8 Å². The van der Waals surface area contributed by atoms with Crippen LogP contribution in [0.2, 0.25) is 0 Å². The van der Waals surface area contributed by atoms with Gasteiger partial charge in [0.25, 0.3) is 0 Å². The molecule has 1 aliphatic heterocycles. The van der Waals surface area contributed by atoms with E-state index < -0.39 is 11.9 Å². The van der Waals surface area contributed by atoms with Crippen LogP contribution in [0.1, 0.15) is 27.6 Å². The van der Waals surface area contributed by atoms with Crippen molar-refractivity contribution in [3.05, 3.63) is 22.8 Å². The molecule has 7 heteroatoms. The number of nitrogens with two attached hydrogens (primary N) is 1. The molecule has 1 aliphatic rings. The van der Waals surface area contributed by atoms with Crippen molar-refractivity contribution in [1.29, 1.82) is 0 Å². The molecule has 0 fully saturated rings. The molecule has 1 aromatic rings. The van der Waals surface area contributed by atoms with Gasteiger partial charge in [-0.15, -0.1) is 0 Å². The fraction of sp³-hybridized carbons (Fsp3) is 0.400. The van der Waals surface area contributed by atoms with E-state index in [0.29, 0.717) is 24.2 Å². The van der Waals surface area contributed by atoms with E-state index in [2.05, 4.69) is 15.3 Å². The van der Waals surface area contributed by atoms with Gasteiger partial charge < -0.3 is 16.2 Å². The zero-order valence-corrected chi connectivity index (χ0v) is 9.06. The highest BCUT2D eigenvalue weighted by atomic mass is 16.4. The van der Waals surface area contributed by atoms with E-state index in [1.54, 1.807) is 0 Å². The highest BCUT2D eigenvalue weighted by Gasteiger charge is 2.21. The number of carbonyl (C=O) groups is 2. The van der Waals surface area contributed by atoms with Crippen molar-refractivity contribution < 1.29 is 14.7 Å². The largest absolute Gasteiger partial charge is 0.476 e. The number of carboxylic acids is 1. The second kappa shape index (κ2) is 4.46. The molecular formula is C10H12N4O3. The third-order valence-corrected chi connectivity index (χ3v) is 2.51. The fourth-order valence-corrected chi connectivity index (χ4v) is 1.81. The monoisotopic (exact) mass is 236 g/mol. The summed E-state index contributed by atoms with van der Waals surface area (Å²) in [6, 6.07) is 0. The van der Waals surface area contributed by atoms with Gasteiger partial charge in [0.1, 0.15) is 5.82 Å². The Morgan fingerprint density at radius 3 is 2.82 bits per heavy atom. The van der Waals surface area contributed by atoms with Gasteiger partial charge >= 0.3 is 5.97 Å². The molecular weight excluding hydrogens is 224 g/mol. The van der Waals surface area contributed by atoms with Gasteiger partial charge in [-0.3, -0.25) is 4.79 Å². The van der Waals surface area contributed by atoms with Crippen LogP contribution in [0.4, 0.5) is 0 Å². The lowest BCUT2D eigenvalue weighted by Crippen LogP contribution is -2.29. The smallest absolute Gasteiger partial charge is 0.354 e. The summed E-state index contributed by atoms with van der Waals surface area (Å²) in [5, 5.41) is 12.1. The fourth-order valence-electron chi connectivity index (χ4n) is 1.81. The molecule has 0 unspecified atom stereocenters. The molecule has 0 radical (unpaired) electrons. The lowest BCUT2D eigenvalue weighted by atomic mass is 10.0. The number of carboxylic acid groups (broad SMARTS) is 1. The predicted octanol–water partition coefficient (Wildman–Crippen LogP) is -1.15. The Morgan fingerprint density at radius 1 is 1.41 bits per heavy atom. The molecule has 0 spiro atoms. The maximum absolute atomic E-state index is 11.1. The third kappa shape index (κ3) is 2.39. The quantitative estimate of drug-likeness (QED) is 0.609. The summed E-state index contributed by atoms with van der Waals surface area (Å²) < 4.78 is 0. The van der Waals surface area contributed by atoms with Crippen molar-refractivity contribution >= 4 is 11.9 Å². The van der Waals surface area contributed by atoms with Gasteiger partial charge in [-0.05, 0) is 0 Å². The Morgan fingerprint density at radius 2 is 2.18 bits per heavy atom. The van der Waals surface area contributed by atoms with Crippen LogP contribution < -0.4 is 11.1 Å². The van der Waals surface area contributed by atoms with Crippen LogP contribution in [0.3, 0.4) is 0 Å². The van der Waals surface area contributed by atoms with Crippen LogP contribution >= 0.6 is 0 Å².